The lowest BCUT2D eigenvalue weighted by Crippen LogP contribution is -2.24. The summed E-state index contributed by atoms with van der Waals surface area (Å²) in [6.07, 6.45) is 6.88. The highest BCUT2D eigenvalue weighted by molar-refractivity contribution is 7.21. The van der Waals surface area contributed by atoms with Crippen molar-refractivity contribution < 1.29 is 4.79 Å². The SMILES string of the molecule is O=C1CCCN1Cc1cc(Nc2nc3ccc(-c4cn[nH]c4)nc3s2)ccn1. The van der Waals surface area contributed by atoms with Crippen LogP contribution in [0, 0.1) is 0 Å². The number of carbonyl (C=O) groups is 1. The molecule has 9 heteroatoms. The van der Waals surface area contributed by atoms with E-state index in [4.69, 9.17) is 0 Å². The first-order valence-corrected chi connectivity index (χ1v) is 9.83. The van der Waals surface area contributed by atoms with Gasteiger partial charge in [0.15, 0.2) is 5.13 Å². The van der Waals surface area contributed by atoms with Crippen LogP contribution in [0.25, 0.3) is 21.6 Å². The number of amides is 1. The quantitative estimate of drug-likeness (QED) is 0.541. The highest BCUT2D eigenvalue weighted by Gasteiger charge is 2.20. The van der Waals surface area contributed by atoms with Gasteiger partial charge in [0.2, 0.25) is 5.91 Å². The van der Waals surface area contributed by atoms with Crippen LogP contribution < -0.4 is 5.32 Å². The van der Waals surface area contributed by atoms with Gasteiger partial charge < -0.3 is 10.2 Å². The minimum Gasteiger partial charge on any atom is -0.337 e. The number of nitrogens with zero attached hydrogens (tertiary/aromatic N) is 5. The van der Waals surface area contributed by atoms with Crippen LogP contribution in [0.4, 0.5) is 10.8 Å². The maximum atomic E-state index is 11.8. The van der Waals surface area contributed by atoms with E-state index in [1.54, 1.807) is 12.4 Å². The van der Waals surface area contributed by atoms with Crippen LogP contribution in [0.2, 0.25) is 0 Å². The molecule has 0 bridgehead atoms. The first-order valence-electron chi connectivity index (χ1n) is 9.01. The van der Waals surface area contributed by atoms with E-state index < -0.39 is 0 Å². The number of hydrogen-bond donors (Lipinski definition) is 2. The number of thiazole rings is 1. The van der Waals surface area contributed by atoms with E-state index in [2.05, 4.69) is 30.5 Å². The first kappa shape index (κ1) is 16.8. The number of carbonyl (C=O) groups excluding carboxylic acids is 1. The number of likely N-dealkylation sites (tertiary alicyclic amines) is 1. The maximum absolute atomic E-state index is 11.8. The van der Waals surface area contributed by atoms with Crippen molar-refractivity contribution in [3.63, 3.8) is 0 Å². The molecule has 0 atom stereocenters. The van der Waals surface area contributed by atoms with Crippen molar-refractivity contribution >= 4 is 38.4 Å². The fourth-order valence-corrected chi connectivity index (χ4v) is 4.11. The summed E-state index contributed by atoms with van der Waals surface area (Å²) in [5, 5.41) is 10.9. The van der Waals surface area contributed by atoms with Crippen LogP contribution in [-0.4, -0.2) is 42.5 Å². The number of aromatic nitrogens is 5. The van der Waals surface area contributed by atoms with Crippen molar-refractivity contribution in [1.29, 1.82) is 0 Å². The Hall–Kier alpha value is -3.33. The number of nitrogens with one attached hydrogen (secondary N) is 2. The number of pyridine rings is 2. The van der Waals surface area contributed by atoms with Crippen LogP contribution in [0.1, 0.15) is 18.5 Å². The topological polar surface area (TPSA) is 99.7 Å². The fourth-order valence-electron chi connectivity index (χ4n) is 3.25. The monoisotopic (exact) mass is 391 g/mol. The second kappa shape index (κ2) is 7.01. The second-order valence-electron chi connectivity index (χ2n) is 6.61. The van der Waals surface area contributed by atoms with Gasteiger partial charge >= 0.3 is 0 Å². The van der Waals surface area contributed by atoms with E-state index in [0.29, 0.717) is 13.0 Å². The van der Waals surface area contributed by atoms with E-state index >= 15 is 0 Å². The zero-order valence-corrected chi connectivity index (χ0v) is 15.7. The molecule has 0 saturated carbocycles. The predicted molar refractivity (Wildman–Crippen MR) is 107 cm³/mol. The van der Waals surface area contributed by atoms with Gasteiger partial charge in [0.25, 0.3) is 0 Å². The first-order chi connectivity index (χ1) is 13.7. The minimum atomic E-state index is 0.200. The molecule has 4 aromatic heterocycles. The number of fused-ring (bicyclic) bond motifs is 1. The molecule has 1 aliphatic heterocycles. The van der Waals surface area contributed by atoms with Gasteiger partial charge in [-0.05, 0) is 30.7 Å². The molecule has 4 aromatic rings. The van der Waals surface area contributed by atoms with Crippen molar-refractivity contribution in [2.45, 2.75) is 19.4 Å². The van der Waals surface area contributed by atoms with Crippen LogP contribution in [0.5, 0.6) is 0 Å². The predicted octanol–water partition coefficient (Wildman–Crippen LogP) is 3.34. The Morgan fingerprint density at radius 2 is 2.21 bits per heavy atom. The van der Waals surface area contributed by atoms with Gasteiger partial charge in [0.05, 0.1) is 24.1 Å². The third-order valence-electron chi connectivity index (χ3n) is 4.64. The smallest absolute Gasteiger partial charge is 0.222 e. The highest BCUT2D eigenvalue weighted by atomic mass is 32.1. The third kappa shape index (κ3) is 3.31. The molecule has 0 spiro atoms. The zero-order chi connectivity index (χ0) is 18.9. The molecule has 1 saturated heterocycles. The van der Waals surface area contributed by atoms with Gasteiger partial charge in [0.1, 0.15) is 10.3 Å². The lowest BCUT2D eigenvalue weighted by atomic mass is 10.2. The average Bonchev–Trinajstić information content (AvgIpc) is 3.43. The molecule has 0 aliphatic carbocycles. The molecule has 8 nitrogen and oxygen atoms in total. The summed E-state index contributed by atoms with van der Waals surface area (Å²) in [6.45, 7) is 1.35. The van der Waals surface area contributed by atoms with Crippen molar-refractivity contribution in [2.75, 3.05) is 11.9 Å². The van der Waals surface area contributed by atoms with E-state index in [9.17, 15) is 4.79 Å². The normalized spacial score (nSPS) is 14.1. The summed E-state index contributed by atoms with van der Waals surface area (Å²) < 4.78 is 0. The van der Waals surface area contributed by atoms with Crippen LogP contribution in [0.15, 0.2) is 42.9 Å². The Kier molecular flexibility index (Phi) is 4.21. The molecule has 1 aliphatic rings. The standard InChI is InChI=1S/C19H17N7OS/c27-17-2-1-7-26(17)11-14-8-13(5-6-20-14)23-19-25-16-4-3-15(24-18(16)28-19)12-9-21-22-10-12/h3-6,8-10H,1-2,7,11H2,(H,21,22)(H,20,23,25). The molecule has 140 valence electrons. The third-order valence-corrected chi connectivity index (χ3v) is 5.52. The zero-order valence-electron chi connectivity index (χ0n) is 14.9. The largest absolute Gasteiger partial charge is 0.337 e. The summed E-state index contributed by atoms with van der Waals surface area (Å²) in [5.41, 5.74) is 4.40. The summed E-state index contributed by atoms with van der Waals surface area (Å²) in [6, 6.07) is 7.76. The summed E-state index contributed by atoms with van der Waals surface area (Å²) in [4.78, 5) is 28.2. The fraction of sp³-hybridized carbons (Fsp3) is 0.211. The van der Waals surface area contributed by atoms with Gasteiger partial charge in [-0.25, -0.2) is 9.97 Å². The molecular formula is C19H17N7OS. The Balaban J connectivity index is 1.36. The van der Waals surface area contributed by atoms with Crippen LogP contribution >= 0.6 is 11.3 Å². The van der Waals surface area contributed by atoms with E-state index in [-0.39, 0.29) is 5.91 Å². The molecular weight excluding hydrogens is 374 g/mol. The average molecular weight is 391 g/mol. The van der Waals surface area contributed by atoms with E-state index in [0.717, 1.165) is 51.1 Å². The number of H-pyrrole nitrogens is 1. The van der Waals surface area contributed by atoms with E-state index in [1.165, 1.54) is 11.3 Å². The lowest BCUT2D eigenvalue weighted by Gasteiger charge is -2.15. The highest BCUT2D eigenvalue weighted by Crippen LogP contribution is 2.29. The lowest BCUT2D eigenvalue weighted by molar-refractivity contribution is -0.128. The number of anilines is 2. The summed E-state index contributed by atoms with van der Waals surface area (Å²) in [5.74, 6) is 0.200. The van der Waals surface area contributed by atoms with Crippen molar-refractivity contribution in [3.05, 3.63) is 48.5 Å². The van der Waals surface area contributed by atoms with Gasteiger partial charge in [-0.2, -0.15) is 5.10 Å². The molecule has 0 aromatic carbocycles. The van der Waals surface area contributed by atoms with Gasteiger partial charge in [-0.3, -0.25) is 14.9 Å². The second-order valence-corrected chi connectivity index (χ2v) is 7.58. The maximum Gasteiger partial charge on any atom is 0.222 e. The van der Waals surface area contributed by atoms with Crippen molar-refractivity contribution in [3.8, 4) is 11.3 Å². The van der Waals surface area contributed by atoms with Gasteiger partial charge in [0, 0.05) is 36.6 Å². The number of aromatic amines is 1. The molecule has 5 heterocycles. The summed E-state index contributed by atoms with van der Waals surface area (Å²) in [7, 11) is 0. The number of hydrogen-bond acceptors (Lipinski definition) is 7. The number of rotatable bonds is 5. The minimum absolute atomic E-state index is 0.200. The molecule has 0 radical (unpaired) electrons. The Labute approximate surface area is 164 Å². The van der Waals surface area contributed by atoms with Gasteiger partial charge in [-0.1, -0.05) is 11.3 Å². The molecule has 1 amide bonds. The summed E-state index contributed by atoms with van der Waals surface area (Å²) >= 11 is 1.49. The molecule has 5 rings (SSSR count). The molecule has 0 unspecified atom stereocenters. The Bertz CT molecular complexity index is 1140. The van der Waals surface area contributed by atoms with E-state index in [1.807, 2.05) is 35.4 Å². The molecule has 28 heavy (non-hydrogen) atoms. The van der Waals surface area contributed by atoms with Crippen LogP contribution in [-0.2, 0) is 11.3 Å². The Morgan fingerprint density at radius 3 is 3.04 bits per heavy atom. The van der Waals surface area contributed by atoms with Gasteiger partial charge in [-0.15, -0.1) is 0 Å². The molecule has 2 N–H and O–H groups in total. The Morgan fingerprint density at radius 1 is 1.25 bits per heavy atom. The van der Waals surface area contributed by atoms with Crippen molar-refractivity contribution in [2.24, 2.45) is 0 Å². The van der Waals surface area contributed by atoms with Crippen LogP contribution in [0.3, 0.4) is 0 Å². The van der Waals surface area contributed by atoms with Crippen molar-refractivity contribution in [1.82, 2.24) is 30.0 Å². The molecule has 1 fully saturated rings.